The maximum absolute atomic E-state index is 11.7. The van der Waals surface area contributed by atoms with E-state index in [1.165, 1.54) is 4.90 Å². The minimum absolute atomic E-state index is 0.00180. The van der Waals surface area contributed by atoms with Gasteiger partial charge in [0.15, 0.2) is 0 Å². The van der Waals surface area contributed by atoms with Crippen LogP contribution >= 0.6 is 0 Å². The Morgan fingerprint density at radius 1 is 1.62 bits per heavy atom. The van der Waals surface area contributed by atoms with Crippen molar-refractivity contribution in [2.24, 2.45) is 0 Å². The predicted molar refractivity (Wildman–Crippen MR) is 53.3 cm³/mol. The molecule has 1 atom stereocenters. The van der Waals surface area contributed by atoms with Crippen molar-refractivity contribution in [1.29, 1.82) is 0 Å². The van der Waals surface area contributed by atoms with E-state index >= 15 is 0 Å². The van der Waals surface area contributed by atoms with E-state index in [-0.39, 0.29) is 18.9 Å². The summed E-state index contributed by atoms with van der Waals surface area (Å²) in [5.41, 5.74) is -0.820. The third-order valence-electron chi connectivity index (χ3n) is 2.51. The first kappa shape index (κ1) is 13.3. The van der Waals surface area contributed by atoms with E-state index in [0.717, 1.165) is 0 Å². The fourth-order valence-corrected chi connectivity index (χ4v) is 1.65. The number of carbonyl (C=O) groups is 1. The quantitative estimate of drug-likeness (QED) is 0.714. The summed E-state index contributed by atoms with van der Waals surface area (Å²) >= 11 is 0. The number of β-amino-alcohol motifs (C(OH)–C–C–N with tert-alkyl or cyclic N) is 1. The van der Waals surface area contributed by atoms with Crippen LogP contribution in [0.5, 0.6) is 0 Å². The maximum Gasteiger partial charge on any atom is 0.261 e. The first-order valence-corrected chi connectivity index (χ1v) is 5.27. The van der Waals surface area contributed by atoms with Gasteiger partial charge in [-0.3, -0.25) is 4.79 Å². The zero-order valence-corrected chi connectivity index (χ0v) is 9.29. The number of ether oxygens (including phenoxy) is 1. The van der Waals surface area contributed by atoms with Gasteiger partial charge >= 0.3 is 0 Å². The summed E-state index contributed by atoms with van der Waals surface area (Å²) in [7, 11) is 0. The number of halogens is 2. The molecule has 1 rings (SSSR count). The van der Waals surface area contributed by atoms with Crippen molar-refractivity contribution in [2.45, 2.75) is 31.8 Å². The minimum Gasteiger partial charge on any atom is -0.388 e. The van der Waals surface area contributed by atoms with Crippen LogP contribution in [0.15, 0.2) is 0 Å². The van der Waals surface area contributed by atoms with Gasteiger partial charge in [0.25, 0.3) is 6.43 Å². The van der Waals surface area contributed by atoms with Gasteiger partial charge in [-0.15, -0.1) is 0 Å². The van der Waals surface area contributed by atoms with Crippen LogP contribution in [0.1, 0.15) is 19.8 Å². The largest absolute Gasteiger partial charge is 0.388 e. The van der Waals surface area contributed by atoms with E-state index in [9.17, 15) is 18.7 Å². The van der Waals surface area contributed by atoms with Gasteiger partial charge in [0.05, 0.1) is 18.6 Å². The van der Waals surface area contributed by atoms with Crippen molar-refractivity contribution in [3.05, 3.63) is 0 Å². The molecular weight excluding hydrogens is 220 g/mol. The highest BCUT2D eigenvalue weighted by molar-refractivity contribution is 5.76. The van der Waals surface area contributed by atoms with E-state index in [1.807, 2.05) is 0 Å². The minimum atomic E-state index is -2.50. The SMILES string of the molecule is CC1(O)CCN(C(=O)CCOCC(F)F)C1. The molecule has 6 heteroatoms. The molecule has 1 aliphatic rings. The van der Waals surface area contributed by atoms with Crippen LogP contribution in [0.2, 0.25) is 0 Å². The smallest absolute Gasteiger partial charge is 0.261 e. The lowest BCUT2D eigenvalue weighted by atomic mass is 10.1. The summed E-state index contributed by atoms with van der Waals surface area (Å²) in [4.78, 5) is 13.1. The molecule has 1 fully saturated rings. The average molecular weight is 237 g/mol. The van der Waals surface area contributed by atoms with Gasteiger partial charge in [-0.05, 0) is 13.3 Å². The summed E-state index contributed by atoms with van der Waals surface area (Å²) in [6.07, 6.45) is -1.86. The molecule has 1 aliphatic heterocycles. The number of alkyl halides is 2. The second kappa shape index (κ2) is 5.54. The van der Waals surface area contributed by atoms with Crippen molar-refractivity contribution in [3.8, 4) is 0 Å². The number of carbonyl (C=O) groups excluding carboxylic acids is 1. The number of hydrogen-bond acceptors (Lipinski definition) is 3. The van der Waals surface area contributed by atoms with Crippen molar-refractivity contribution in [1.82, 2.24) is 4.90 Å². The number of aliphatic hydroxyl groups is 1. The van der Waals surface area contributed by atoms with Crippen LogP contribution in [-0.4, -0.2) is 54.2 Å². The van der Waals surface area contributed by atoms with Gasteiger partial charge < -0.3 is 14.7 Å². The molecule has 94 valence electrons. The summed E-state index contributed by atoms with van der Waals surface area (Å²) in [5, 5.41) is 9.63. The van der Waals surface area contributed by atoms with Crippen LogP contribution in [0.4, 0.5) is 8.78 Å². The zero-order valence-electron chi connectivity index (χ0n) is 9.29. The molecule has 0 aliphatic carbocycles. The van der Waals surface area contributed by atoms with Gasteiger partial charge in [-0.2, -0.15) is 0 Å². The van der Waals surface area contributed by atoms with E-state index in [4.69, 9.17) is 0 Å². The Hall–Kier alpha value is -0.750. The molecule has 0 spiro atoms. The molecule has 16 heavy (non-hydrogen) atoms. The average Bonchev–Trinajstić information content (AvgIpc) is 2.53. The molecule has 0 aromatic rings. The highest BCUT2D eigenvalue weighted by Crippen LogP contribution is 2.20. The van der Waals surface area contributed by atoms with Gasteiger partial charge in [0, 0.05) is 13.1 Å². The molecule has 1 saturated heterocycles. The van der Waals surface area contributed by atoms with Crippen LogP contribution in [0.25, 0.3) is 0 Å². The summed E-state index contributed by atoms with van der Waals surface area (Å²) in [6.45, 7) is 1.86. The normalized spacial score (nSPS) is 25.4. The lowest BCUT2D eigenvalue weighted by Gasteiger charge is -2.18. The molecule has 1 unspecified atom stereocenters. The summed E-state index contributed by atoms with van der Waals surface area (Å²) in [5.74, 6) is -0.160. The van der Waals surface area contributed by atoms with E-state index in [2.05, 4.69) is 4.74 Å². The molecule has 0 aromatic carbocycles. The molecule has 1 heterocycles. The van der Waals surface area contributed by atoms with Gasteiger partial charge in [-0.1, -0.05) is 0 Å². The van der Waals surface area contributed by atoms with E-state index in [1.54, 1.807) is 6.92 Å². The molecule has 1 N–H and O–H groups in total. The van der Waals surface area contributed by atoms with Gasteiger partial charge in [-0.25, -0.2) is 8.78 Å². The third-order valence-corrected chi connectivity index (χ3v) is 2.51. The van der Waals surface area contributed by atoms with Crippen LogP contribution in [-0.2, 0) is 9.53 Å². The lowest BCUT2D eigenvalue weighted by Crippen LogP contribution is -2.34. The van der Waals surface area contributed by atoms with Gasteiger partial charge in [0.1, 0.15) is 6.61 Å². The number of hydrogen-bond donors (Lipinski definition) is 1. The molecule has 0 aromatic heterocycles. The monoisotopic (exact) mass is 237 g/mol. The fraction of sp³-hybridized carbons (Fsp3) is 0.900. The Bertz CT molecular complexity index is 246. The summed E-state index contributed by atoms with van der Waals surface area (Å²) < 4.78 is 28.0. The second-order valence-electron chi connectivity index (χ2n) is 4.28. The molecular formula is C10H17F2NO3. The first-order chi connectivity index (χ1) is 7.41. The van der Waals surface area contributed by atoms with Crippen molar-refractivity contribution in [3.63, 3.8) is 0 Å². The predicted octanol–water partition coefficient (Wildman–Crippen LogP) is 0.641. The Morgan fingerprint density at radius 2 is 2.31 bits per heavy atom. The number of likely N-dealkylation sites (tertiary alicyclic amines) is 1. The highest BCUT2D eigenvalue weighted by Gasteiger charge is 2.33. The van der Waals surface area contributed by atoms with E-state index < -0.39 is 18.6 Å². The summed E-state index contributed by atoms with van der Waals surface area (Å²) in [6, 6.07) is 0. The molecule has 4 nitrogen and oxygen atoms in total. The van der Waals surface area contributed by atoms with Crippen molar-refractivity contribution < 1.29 is 23.4 Å². The Morgan fingerprint density at radius 3 is 2.81 bits per heavy atom. The molecule has 0 saturated carbocycles. The topological polar surface area (TPSA) is 49.8 Å². The molecule has 1 amide bonds. The Kier molecular flexibility index (Phi) is 4.61. The molecule has 0 bridgehead atoms. The zero-order chi connectivity index (χ0) is 12.2. The Labute approximate surface area is 93.2 Å². The van der Waals surface area contributed by atoms with E-state index in [0.29, 0.717) is 19.5 Å². The third kappa shape index (κ3) is 4.40. The van der Waals surface area contributed by atoms with Crippen LogP contribution in [0.3, 0.4) is 0 Å². The lowest BCUT2D eigenvalue weighted by molar-refractivity contribution is -0.132. The van der Waals surface area contributed by atoms with Crippen molar-refractivity contribution in [2.75, 3.05) is 26.3 Å². The first-order valence-electron chi connectivity index (χ1n) is 5.27. The number of rotatable bonds is 5. The number of amides is 1. The fourth-order valence-electron chi connectivity index (χ4n) is 1.65. The van der Waals surface area contributed by atoms with Crippen LogP contribution < -0.4 is 0 Å². The second-order valence-corrected chi connectivity index (χ2v) is 4.28. The Balaban J connectivity index is 2.16. The molecule has 0 radical (unpaired) electrons. The highest BCUT2D eigenvalue weighted by atomic mass is 19.3. The maximum atomic E-state index is 11.7. The standard InChI is InChI=1S/C10H17F2NO3/c1-10(15)3-4-13(7-10)9(14)2-5-16-6-8(11)12/h8,15H,2-7H2,1H3. The number of nitrogens with zero attached hydrogens (tertiary/aromatic N) is 1. The van der Waals surface area contributed by atoms with Crippen LogP contribution in [0, 0.1) is 0 Å². The van der Waals surface area contributed by atoms with Gasteiger partial charge in [0.2, 0.25) is 5.91 Å². The van der Waals surface area contributed by atoms with Crippen molar-refractivity contribution >= 4 is 5.91 Å².